The standard InChI is InChI=1S/C12H9BrN8O2/c13-8-3-1-7(2-4-8)5-15-17-12(22)9-6-21(20-16-9)11-10(14)18-23-19-11/h1-6H,(H2,14,18)(H,17,22)/b15-5+. The summed E-state index contributed by atoms with van der Waals surface area (Å²) >= 11 is 3.33. The second-order valence-corrected chi connectivity index (χ2v) is 5.19. The Balaban J connectivity index is 1.66. The molecule has 0 aliphatic carbocycles. The fourth-order valence-corrected chi connectivity index (χ4v) is 1.86. The molecule has 23 heavy (non-hydrogen) atoms. The minimum Gasteiger partial charge on any atom is -0.378 e. The number of halogens is 1. The van der Waals surface area contributed by atoms with Gasteiger partial charge in [-0.15, -0.1) is 5.10 Å². The lowest BCUT2D eigenvalue weighted by Gasteiger charge is -1.95. The number of aromatic nitrogens is 5. The maximum absolute atomic E-state index is 11.9. The molecule has 3 rings (SSSR count). The zero-order chi connectivity index (χ0) is 16.2. The zero-order valence-corrected chi connectivity index (χ0v) is 13.0. The third-order valence-corrected chi connectivity index (χ3v) is 3.22. The summed E-state index contributed by atoms with van der Waals surface area (Å²) in [6.07, 6.45) is 2.84. The molecule has 0 radical (unpaired) electrons. The minimum absolute atomic E-state index is 0.0371. The number of benzene rings is 1. The highest BCUT2D eigenvalue weighted by Gasteiger charge is 2.15. The van der Waals surface area contributed by atoms with Gasteiger partial charge in [0.1, 0.15) is 0 Å². The number of nitrogens with two attached hydrogens (primary N) is 1. The maximum Gasteiger partial charge on any atom is 0.293 e. The first-order chi connectivity index (χ1) is 11.1. The summed E-state index contributed by atoms with van der Waals surface area (Å²) in [6.45, 7) is 0. The van der Waals surface area contributed by atoms with Crippen LogP contribution in [-0.2, 0) is 0 Å². The minimum atomic E-state index is -0.528. The molecule has 2 aromatic heterocycles. The van der Waals surface area contributed by atoms with Crippen molar-refractivity contribution in [1.82, 2.24) is 30.7 Å². The number of hydrazone groups is 1. The first-order valence-corrected chi connectivity index (χ1v) is 7.02. The molecule has 0 atom stereocenters. The molecule has 0 bridgehead atoms. The molecule has 1 aromatic carbocycles. The SMILES string of the molecule is Nc1nonc1-n1cc(C(=O)N/N=C/c2ccc(Br)cc2)nn1. The summed E-state index contributed by atoms with van der Waals surface area (Å²) < 4.78 is 6.59. The molecular formula is C12H9BrN8O2. The molecule has 0 saturated carbocycles. The van der Waals surface area contributed by atoms with Crippen LogP contribution in [0.15, 0.2) is 44.7 Å². The van der Waals surface area contributed by atoms with Crippen LogP contribution in [0.5, 0.6) is 0 Å². The lowest BCUT2D eigenvalue weighted by atomic mass is 10.2. The highest BCUT2D eigenvalue weighted by molar-refractivity contribution is 9.10. The average molecular weight is 377 g/mol. The van der Waals surface area contributed by atoms with Crippen molar-refractivity contribution in [2.45, 2.75) is 0 Å². The molecule has 2 heterocycles. The highest BCUT2D eigenvalue weighted by Crippen LogP contribution is 2.10. The summed E-state index contributed by atoms with van der Waals surface area (Å²) in [5.74, 6) is -0.343. The van der Waals surface area contributed by atoms with Gasteiger partial charge >= 0.3 is 0 Å². The van der Waals surface area contributed by atoms with Gasteiger partial charge in [0.2, 0.25) is 11.6 Å². The fraction of sp³-hybridized carbons (Fsp3) is 0. The number of nitrogen functional groups attached to an aromatic ring is 1. The smallest absolute Gasteiger partial charge is 0.293 e. The number of nitrogens with zero attached hydrogens (tertiary/aromatic N) is 6. The Hall–Kier alpha value is -3.08. The highest BCUT2D eigenvalue weighted by atomic mass is 79.9. The third-order valence-electron chi connectivity index (χ3n) is 2.69. The van der Waals surface area contributed by atoms with Gasteiger partial charge in [-0.05, 0) is 28.0 Å². The van der Waals surface area contributed by atoms with Crippen LogP contribution in [0.2, 0.25) is 0 Å². The molecule has 0 unspecified atom stereocenters. The van der Waals surface area contributed by atoms with Crippen molar-refractivity contribution in [3.05, 3.63) is 46.2 Å². The first-order valence-electron chi connectivity index (χ1n) is 6.23. The number of hydrogen-bond donors (Lipinski definition) is 2. The van der Waals surface area contributed by atoms with E-state index in [4.69, 9.17) is 5.73 Å². The molecule has 0 aliphatic heterocycles. The Labute approximate surface area is 137 Å². The second-order valence-electron chi connectivity index (χ2n) is 4.27. The van der Waals surface area contributed by atoms with Crippen molar-refractivity contribution in [1.29, 1.82) is 0 Å². The van der Waals surface area contributed by atoms with Crippen LogP contribution < -0.4 is 11.2 Å². The van der Waals surface area contributed by atoms with Crippen molar-refractivity contribution < 1.29 is 9.42 Å². The van der Waals surface area contributed by atoms with Gasteiger partial charge in [0, 0.05) is 4.47 Å². The Morgan fingerprint density at radius 3 is 2.83 bits per heavy atom. The summed E-state index contributed by atoms with van der Waals surface area (Å²) in [5, 5.41) is 18.2. The van der Waals surface area contributed by atoms with E-state index < -0.39 is 5.91 Å². The lowest BCUT2D eigenvalue weighted by molar-refractivity contribution is 0.0950. The van der Waals surface area contributed by atoms with Gasteiger partial charge in [0.15, 0.2) is 5.69 Å². The van der Waals surface area contributed by atoms with Gasteiger partial charge in [-0.2, -0.15) is 9.78 Å². The Morgan fingerprint density at radius 2 is 2.13 bits per heavy atom. The van der Waals surface area contributed by atoms with E-state index in [1.165, 1.54) is 17.1 Å². The van der Waals surface area contributed by atoms with Crippen LogP contribution >= 0.6 is 15.9 Å². The molecular weight excluding hydrogens is 368 g/mol. The van der Waals surface area contributed by atoms with E-state index in [0.29, 0.717) is 0 Å². The van der Waals surface area contributed by atoms with E-state index >= 15 is 0 Å². The topological polar surface area (TPSA) is 137 Å². The van der Waals surface area contributed by atoms with E-state index in [0.717, 1.165) is 10.0 Å². The Bertz CT molecular complexity index is 854. The second kappa shape index (κ2) is 6.36. The molecule has 1 amide bonds. The van der Waals surface area contributed by atoms with Crippen LogP contribution in [0, 0.1) is 0 Å². The molecule has 0 aliphatic rings. The van der Waals surface area contributed by atoms with Crippen molar-refractivity contribution in [2.24, 2.45) is 5.10 Å². The summed E-state index contributed by atoms with van der Waals surface area (Å²) in [6, 6.07) is 7.42. The zero-order valence-electron chi connectivity index (χ0n) is 11.4. The average Bonchev–Trinajstić information content (AvgIpc) is 3.17. The number of rotatable bonds is 4. The van der Waals surface area contributed by atoms with E-state index in [2.05, 4.69) is 51.7 Å². The summed E-state index contributed by atoms with van der Waals surface area (Å²) in [5.41, 5.74) is 8.75. The molecule has 0 spiro atoms. The predicted octanol–water partition coefficient (Wildman–Crippen LogP) is 0.759. The number of carbonyl (C=O) groups is 1. The molecule has 3 aromatic rings. The maximum atomic E-state index is 11.9. The number of hydrogen-bond acceptors (Lipinski definition) is 8. The molecule has 0 saturated heterocycles. The lowest BCUT2D eigenvalue weighted by Crippen LogP contribution is -2.18. The van der Waals surface area contributed by atoms with Crippen molar-refractivity contribution in [3.8, 4) is 5.82 Å². The normalized spacial score (nSPS) is 11.0. The van der Waals surface area contributed by atoms with Crippen LogP contribution in [0.25, 0.3) is 5.82 Å². The van der Waals surface area contributed by atoms with Gasteiger partial charge in [-0.25, -0.2) is 10.1 Å². The van der Waals surface area contributed by atoms with Crippen molar-refractivity contribution in [2.75, 3.05) is 5.73 Å². The number of anilines is 1. The Morgan fingerprint density at radius 1 is 1.35 bits per heavy atom. The van der Waals surface area contributed by atoms with E-state index in [-0.39, 0.29) is 17.3 Å². The molecule has 0 fully saturated rings. The summed E-state index contributed by atoms with van der Waals surface area (Å²) in [4.78, 5) is 11.9. The fourth-order valence-electron chi connectivity index (χ4n) is 1.59. The third kappa shape index (κ3) is 3.40. The van der Waals surface area contributed by atoms with Crippen LogP contribution in [-0.4, -0.2) is 37.4 Å². The summed E-state index contributed by atoms with van der Waals surface area (Å²) in [7, 11) is 0. The number of nitrogens with one attached hydrogen (secondary N) is 1. The predicted molar refractivity (Wildman–Crippen MR) is 82.8 cm³/mol. The van der Waals surface area contributed by atoms with Crippen molar-refractivity contribution in [3.63, 3.8) is 0 Å². The molecule has 11 heteroatoms. The van der Waals surface area contributed by atoms with Gasteiger partial charge in [0.05, 0.1) is 12.4 Å². The van der Waals surface area contributed by atoms with E-state index in [1.807, 2.05) is 24.3 Å². The number of carbonyl (C=O) groups excluding carboxylic acids is 1. The molecule has 3 N–H and O–H groups in total. The molecule has 116 valence electrons. The monoisotopic (exact) mass is 376 g/mol. The van der Waals surface area contributed by atoms with Crippen LogP contribution in [0.1, 0.15) is 16.1 Å². The Kier molecular flexibility index (Phi) is 4.10. The number of amides is 1. The van der Waals surface area contributed by atoms with Crippen molar-refractivity contribution >= 4 is 33.9 Å². The quantitative estimate of drug-likeness (QED) is 0.506. The van der Waals surface area contributed by atoms with Gasteiger partial charge in [-0.3, -0.25) is 4.79 Å². The largest absolute Gasteiger partial charge is 0.378 e. The van der Waals surface area contributed by atoms with Crippen LogP contribution in [0.3, 0.4) is 0 Å². The molecule has 10 nitrogen and oxygen atoms in total. The van der Waals surface area contributed by atoms with Crippen LogP contribution in [0.4, 0.5) is 5.82 Å². The van der Waals surface area contributed by atoms with Gasteiger partial charge < -0.3 is 5.73 Å². The van der Waals surface area contributed by atoms with E-state index in [1.54, 1.807) is 0 Å². The first kappa shape index (κ1) is 14.8. The van der Waals surface area contributed by atoms with Gasteiger partial charge in [-0.1, -0.05) is 33.3 Å². The van der Waals surface area contributed by atoms with E-state index in [9.17, 15) is 4.79 Å². The van der Waals surface area contributed by atoms with Gasteiger partial charge in [0.25, 0.3) is 5.91 Å².